The van der Waals surface area contributed by atoms with Crippen LogP contribution in [-0.4, -0.2) is 61.8 Å². The van der Waals surface area contributed by atoms with Crippen LogP contribution in [-0.2, 0) is 17.5 Å². The van der Waals surface area contributed by atoms with Crippen LogP contribution in [0.2, 0.25) is 0 Å². The molecule has 0 aromatic heterocycles. The summed E-state index contributed by atoms with van der Waals surface area (Å²) in [6.45, 7) is 1.92. The minimum Gasteiger partial charge on any atom is -0.497 e. The van der Waals surface area contributed by atoms with Gasteiger partial charge in [-0.3, -0.25) is 9.69 Å². The van der Waals surface area contributed by atoms with Crippen LogP contribution in [0.4, 0.5) is 18.9 Å². The summed E-state index contributed by atoms with van der Waals surface area (Å²) in [4.78, 5) is 29.3. The Morgan fingerprint density at radius 3 is 2.43 bits per heavy atom. The van der Waals surface area contributed by atoms with Gasteiger partial charge in [-0.15, -0.1) is 0 Å². The smallest absolute Gasteiger partial charge is 0.416 e. The summed E-state index contributed by atoms with van der Waals surface area (Å²) >= 11 is 0. The lowest BCUT2D eigenvalue weighted by molar-refractivity contribution is -0.137. The molecule has 1 heterocycles. The highest BCUT2D eigenvalue weighted by atomic mass is 19.4. The number of hydrogen-bond donors (Lipinski definition) is 1. The van der Waals surface area contributed by atoms with E-state index in [-0.39, 0.29) is 5.91 Å². The van der Waals surface area contributed by atoms with Crippen molar-refractivity contribution in [1.29, 1.82) is 0 Å². The second-order valence-electron chi connectivity index (χ2n) is 8.87. The first kappa shape index (κ1) is 26.2. The average Bonchev–Trinajstić information content (AvgIpc) is 2.92. The Kier molecular flexibility index (Phi) is 7.83. The highest BCUT2D eigenvalue weighted by Gasteiger charge is 2.33. The second kappa shape index (κ2) is 11.0. The van der Waals surface area contributed by atoms with Gasteiger partial charge in [0.25, 0.3) is 5.91 Å². The van der Waals surface area contributed by atoms with Gasteiger partial charge in [0.2, 0.25) is 0 Å². The standard InChI is InChI=1S/C28H28F3N3O3/c1-32-26-11-8-21(20-4-3-5-22(14-20)28(29,30)31)15-25(26)27(36)34-13-12-33(17-23(34)18-35)16-19-6-9-24(37-2)10-7-19/h3-11,14-15,18,23,32H,12-13,16-17H2,1-2H3. The molecule has 1 aliphatic rings. The number of ether oxygens (including phenoxy) is 1. The lowest BCUT2D eigenvalue weighted by Crippen LogP contribution is -2.55. The fraction of sp³-hybridized carbons (Fsp3) is 0.286. The summed E-state index contributed by atoms with van der Waals surface area (Å²) in [7, 11) is 3.27. The summed E-state index contributed by atoms with van der Waals surface area (Å²) < 4.78 is 44.9. The molecule has 194 valence electrons. The first-order valence-electron chi connectivity index (χ1n) is 11.8. The van der Waals surface area contributed by atoms with Crippen molar-refractivity contribution in [3.63, 3.8) is 0 Å². The normalized spacial score (nSPS) is 16.4. The summed E-state index contributed by atoms with van der Waals surface area (Å²) in [5.41, 5.74) is 1.97. The quantitative estimate of drug-likeness (QED) is 0.455. The summed E-state index contributed by atoms with van der Waals surface area (Å²) in [5, 5.41) is 2.98. The van der Waals surface area contributed by atoms with E-state index in [0.717, 1.165) is 29.7 Å². The lowest BCUT2D eigenvalue weighted by atomic mass is 9.98. The van der Waals surface area contributed by atoms with Crippen LogP contribution in [0.3, 0.4) is 0 Å². The zero-order valence-corrected chi connectivity index (χ0v) is 20.6. The van der Waals surface area contributed by atoms with Gasteiger partial charge >= 0.3 is 6.18 Å². The Labute approximate surface area is 213 Å². The van der Waals surface area contributed by atoms with Crippen molar-refractivity contribution in [1.82, 2.24) is 9.80 Å². The lowest BCUT2D eigenvalue weighted by Gasteiger charge is -2.39. The van der Waals surface area contributed by atoms with E-state index in [4.69, 9.17) is 4.74 Å². The number of hydrogen-bond acceptors (Lipinski definition) is 5. The predicted molar refractivity (Wildman–Crippen MR) is 136 cm³/mol. The van der Waals surface area contributed by atoms with Gasteiger partial charge in [-0.05, 0) is 53.1 Å². The molecule has 0 aliphatic carbocycles. The van der Waals surface area contributed by atoms with Gasteiger partial charge in [0.05, 0.1) is 18.2 Å². The van der Waals surface area contributed by atoms with E-state index in [1.54, 1.807) is 38.4 Å². The minimum absolute atomic E-state index is 0.299. The number of nitrogens with one attached hydrogen (secondary N) is 1. The van der Waals surface area contributed by atoms with Crippen molar-refractivity contribution >= 4 is 17.9 Å². The van der Waals surface area contributed by atoms with Crippen LogP contribution in [0, 0.1) is 0 Å². The molecule has 1 unspecified atom stereocenters. The molecular formula is C28H28F3N3O3. The van der Waals surface area contributed by atoms with Crippen molar-refractivity contribution in [3.05, 3.63) is 83.4 Å². The second-order valence-corrected chi connectivity index (χ2v) is 8.87. The molecule has 1 fully saturated rings. The Morgan fingerprint density at radius 2 is 1.78 bits per heavy atom. The molecule has 3 aromatic carbocycles. The topological polar surface area (TPSA) is 61.9 Å². The molecular weight excluding hydrogens is 483 g/mol. The number of carbonyl (C=O) groups is 2. The molecule has 0 spiro atoms. The van der Waals surface area contributed by atoms with Crippen molar-refractivity contribution in [2.75, 3.05) is 39.1 Å². The first-order valence-corrected chi connectivity index (χ1v) is 11.8. The Balaban J connectivity index is 1.55. The van der Waals surface area contributed by atoms with Crippen LogP contribution < -0.4 is 10.1 Å². The third-order valence-electron chi connectivity index (χ3n) is 6.53. The summed E-state index contributed by atoms with van der Waals surface area (Å²) in [5.74, 6) is 0.414. The number of alkyl halides is 3. The maximum Gasteiger partial charge on any atom is 0.416 e. The maximum atomic E-state index is 13.6. The molecule has 0 radical (unpaired) electrons. The molecule has 1 saturated heterocycles. The average molecular weight is 512 g/mol. The molecule has 4 rings (SSSR count). The largest absolute Gasteiger partial charge is 0.497 e. The fourth-order valence-corrected chi connectivity index (χ4v) is 4.52. The number of anilines is 1. The zero-order valence-electron chi connectivity index (χ0n) is 20.6. The molecule has 3 aromatic rings. The molecule has 1 amide bonds. The number of carbonyl (C=O) groups excluding carboxylic acids is 2. The first-order chi connectivity index (χ1) is 17.7. The number of rotatable bonds is 7. The monoisotopic (exact) mass is 511 g/mol. The SMILES string of the molecule is CNc1ccc(-c2cccc(C(F)(F)F)c2)cc1C(=O)N1CCN(Cc2ccc(OC)cc2)CC1C=O. The third kappa shape index (κ3) is 5.94. The molecule has 9 heteroatoms. The molecule has 0 saturated carbocycles. The minimum atomic E-state index is -4.47. The van der Waals surface area contributed by atoms with E-state index in [9.17, 15) is 22.8 Å². The Morgan fingerprint density at radius 1 is 1.05 bits per heavy atom. The van der Waals surface area contributed by atoms with E-state index >= 15 is 0 Å². The van der Waals surface area contributed by atoms with Crippen LogP contribution >= 0.6 is 0 Å². The van der Waals surface area contributed by atoms with Crippen LogP contribution in [0.5, 0.6) is 5.75 Å². The Hall–Kier alpha value is -3.85. The van der Waals surface area contributed by atoms with Gasteiger partial charge in [-0.2, -0.15) is 13.2 Å². The van der Waals surface area contributed by atoms with E-state index < -0.39 is 17.8 Å². The fourth-order valence-electron chi connectivity index (χ4n) is 4.52. The van der Waals surface area contributed by atoms with E-state index in [1.807, 2.05) is 24.3 Å². The van der Waals surface area contributed by atoms with Crippen molar-refractivity contribution in [2.45, 2.75) is 18.8 Å². The Bertz CT molecular complexity index is 1260. The number of amides is 1. The molecule has 1 aliphatic heterocycles. The predicted octanol–water partition coefficient (Wildman–Crippen LogP) is 4.95. The highest BCUT2D eigenvalue weighted by Crippen LogP contribution is 2.33. The number of halogens is 3. The number of aldehydes is 1. The summed E-state index contributed by atoms with van der Waals surface area (Å²) in [6, 6.07) is 16.9. The van der Waals surface area contributed by atoms with Crippen LogP contribution in [0.1, 0.15) is 21.5 Å². The van der Waals surface area contributed by atoms with Crippen LogP contribution in [0.15, 0.2) is 66.7 Å². The van der Waals surface area contributed by atoms with Gasteiger partial charge in [0, 0.05) is 38.9 Å². The zero-order chi connectivity index (χ0) is 26.6. The van der Waals surface area contributed by atoms with Crippen molar-refractivity contribution in [2.24, 2.45) is 0 Å². The number of benzene rings is 3. The van der Waals surface area contributed by atoms with Gasteiger partial charge < -0.3 is 19.7 Å². The molecule has 0 bridgehead atoms. The molecule has 6 nitrogen and oxygen atoms in total. The summed E-state index contributed by atoms with van der Waals surface area (Å²) in [6.07, 6.45) is -3.70. The highest BCUT2D eigenvalue weighted by molar-refractivity contribution is 6.02. The number of methoxy groups -OCH3 is 1. The van der Waals surface area contributed by atoms with Crippen LogP contribution in [0.25, 0.3) is 11.1 Å². The van der Waals surface area contributed by atoms with Gasteiger partial charge in [-0.1, -0.05) is 30.3 Å². The van der Waals surface area contributed by atoms with Gasteiger partial charge in [0.15, 0.2) is 0 Å². The third-order valence-corrected chi connectivity index (χ3v) is 6.53. The molecule has 1 atom stereocenters. The van der Waals surface area contributed by atoms with E-state index in [2.05, 4.69) is 10.2 Å². The maximum absolute atomic E-state index is 13.6. The van der Waals surface area contributed by atoms with E-state index in [1.165, 1.54) is 11.0 Å². The van der Waals surface area contributed by atoms with Gasteiger partial charge in [0.1, 0.15) is 18.1 Å². The number of piperazine rings is 1. The van der Waals surface area contributed by atoms with Gasteiger partial charge in [-0.25, -0.2) is 0 Å². The van der Waals surface area contributed by atoms with Crippen molar-refractivity contribution < 1.29 is 27.5 Å². The number of nitrogens with zero attached hydrogens (tertiary/aromatic N) is 2. The van der Waals surface area contributed by atoms with Crippen molar-refractivity contribution in [3.8, 4) is 16.9 Å². The molecule has 1 N–H and O–H groups in total. The van der Waals surface area contributed by atoms with E-state index in [0.29, 0.717) is 48.6 Å². The molecule has 37 heavy (non-hydrogen) atoms.